The van der Waals surface area contributed by atoms with Crippen LogP contribution in [0.1, 0.15) is 16.7 Å². The number of rotatable bonds is 5. The molecule has 1 nitrogen and oxygen atoms in total. The number of aryl methyl sites for hydroxylation is 1. The van der Waals surface area contributed by atoms with Crippen molar-refractivity contribution in [3.63, 3.8) is 0 Å². The molecule has 1 atom stereocenters. The Hall–Kier alpha value is -0.830. The summed E-state index contributed by atoms with van der Waals surface area (Å²) in [5.41, 5.74) is 3.65. The monoisotopic (exact) mass is 352 g/mol. The van der Waals surface area contributed by atoms with Crippen molar-refractivity contribution >= 4 is 27.5 Å². The molecule has 0 amide bonds. The van der Waals surface area contributed by atoms with E-state index in [1.807, 2.05) is 30.3 Å². The molecule has 1 N–H and O–H groups in total. The summed E-state index contributed by atoms with van der Waals surface area (Å²) in [5.74, 6) is 0.190. The van der Waals surface area contributed by atoms with Gasteiger partial charge in [0, 0.05) is 16.1 Å². The Balaban J connectivity index is 2.11. The zero-order valence-corrected chi connectivity index (χ0v) is 13.8. The van der Waals surface area contributed by atoms with Crippen LogP contribution in [0.5, 0.6) is 0 Å². The average Bonchev–Trinajstić information content (AvgIpc) is 2.43. The zero-order chi connectivity index (χ0) is 14.5. The van der Waals surface area contributed by atoms with E-state index in [0.29, 0.717) is 0 Å². The highest BCUT2D eigenvalue weighted by atomic mass is 79.9. The minimum atomic E-state index is 0.167. The summed E-state index contributed by atoms with van der Waals surface area (Å²) in [6.07, 6.45) is 1.66. The molecule has 2 aromatic rings. The Morgan fingerprint density at radius 1 is 1.10 bits per heavy atom. The first kappa shape index (κ1) is 15.6. The van der Waals surface area contributed by atoms with Crippen LogP contribution < -0.4 is 0 Å². The maximum Gasteiger partial charge on any atom is 0.0465 e. The first-order chi connectivity index (χ1) is 9.60. The maximum absolute atomic E-state index is 9.63. The van der Waals surface area contributed by atoms with Gasteiger partial charge in [-0.1, -0.05) is 57.9 Å². The lowest BCUT2D eigenvalue weighted by Crippen LogP contribution is -2.14. The van der Waals surface area contributed by atoms with Crippen LogP contribution >= 0.6 is 27.5 Å². The lowest BCUT2D eigenvalue weighted by Gasteiger charge is -2.16. The Bertz CT molecular complexity index is 583. The van der Waals surface area contributed by atoms with E-state index >= 15 is 0 Å². The molecule has 0 fully saturated rings. The van der Waals surface area contributed by atoms with Crippen molar-refractivity contribution in [3.05, 3.63) is 68.7 Å². The van der Waals surface area contributed by atoms with E-state index in [2.05, 4.69) is 35.0 Å². The smallest absolute Gasteiger partial charge is 0.0465 e. The van der Waals surface area contributed by atoms with E-state index in [-0.39, 0.29) is 12.5 Å². The summed E-state index contributed by atoms with van der Waals surface area (Å²) in [6.45, 7) is 2.27. The SMILES string of the molecule is Cc1ccccc1CC(CO)Cc1ccc(Br)cc1Cl. The van der Waals surface area contributed by atoms with Gasteiger partial charge in [0.25, 0.3) is 0 Å². The van der Waals surface area contributed by atoms with Gasteiger partial charge in [0.1, 0.15) is 0 Å². The molecule has 2 rings (SSSR count). The Morgan fingerprint density at radius 3 is 2.45 bits per heavy atom. The predicted molar refractivity (Wildman–Crippen MR) is 88.3 cm³/mol. The van der Waals surface area contributed by atoms with Crippen molar-refractivity contribution in [1.82, 2.24) is 0 Å². The Labute approximate surface area is 133 Å². The number of aliphatic hydroxyl groups excluding tert-OH is 1. The predicted octanol–water partition coefficient (Wildman–Crippen LogP) is 4.80. The third-order valence-corrected chi connectivity index (χ3v) is 4.40. The largest absolute Gasteiger partial charge is 0.396 e. The highest BCUT2D eigenvalue weighted by Crippen LogP contribution is 2.25. The number of halogens is 2. The fourth-order valence-corrected chi connectivity index (χ4v) is 3.10. The molecule has 0 aromatic heterocycles. The first-order valence-corrected chi connectivity index (χ1v) is 7.86. The molecule has 0 radical (unpaired) electrons. The molecular formula is C17H18BrClO. The second-order valence-corrected chi connectivity index (χ2v) is 6.44. The topological polar surface area (TPSA) is 20.2 Å². The lowest BCUT2D eigenvalue weighted by molar-refractivity contribution is 0.225. The van der Waals surface area contributed by atoms with Gasteiger partial charge in [0.2, 0.25) is 0 Å². The van der Waals surface area contributed by atoms with Crippen LogP contribution in [0, 0.1) is 12.8 Å². The van der Waals surface area contributed by atoms with Crippen LogP contribution in [-0.2, 0) is 12.8 Å². The van der Waals surface area contributed by atoms with Crippen molar-refractivity contribution in [2.24, 2.45) is 5.92 Å². The van der Waals surface area contributed by atoms with Gasteiger partial charge in [0.05, 0.1) is 0 Å². The van der Waals surface area contributed by atoms with Crippen molar-refractivity contribution in [2.45, 2.75) is 19.8 Å². The number of benzene rings is 2. The van der Waals surface area contributed by atoms with Gasteiger partial charge >= 0.3 is 0 Å². The molecule has 106 valence electrons. The summed E-state index contributed by atoms with van der Waals surface area (Å²) >= 11 is 9.66. The Kier molecular flexibility index (Phi) is 5.64. The van der Waals surface area contributed by atoms with Gasteiger partial charge in [0.15, 0.2) is 0 Å². The third-order valence-electron chi connectivity index (χ3n) is 3.55. The van der Waals surface area contributed by atoms with E-state index in [9.17, 15) is 5.11 Å². The quantitative estimate of drug-likeness (QED) is 0.818. The minimum absolute atomic E-state index is 0.167. The summed E-state index contributed by atoms with van der Waals surface area (Å²) < 4.78 is 0.978. The second kappa shape index (κ2) is 7.26. The molecule has 0 saturated carbocycles. The Morgan fingerprint density at radius 2 is 1.80 bits per heavy atom. The van der Waals surface area contributed by atoms with E-state index in [1.165, 1.54) is 11.1 Å². The average molecular weight is 354 g/mol. The third kappa shape index (κ3) is 4.08. The molecule has 3 heteroatoms. The molecular weight excluding hydrogens is 336 g/mol. The lowest BCUT2D eigenvalue weighted by atomic mass is 9.91. The van der Waals surface area contributed by atoms with Crippen LogP contribution in [0.15, 0.2) is 46.9 Å². The number of hydrogen-bond acceptors (Lipinski definition) is 1. The summed E-state index contributed by atoms with van der Waals surface area (Å²) in [7, 11) is 0. The van der Waals surface area contributed by atoms with Crippen molar-refractivity contribution < 1.29 is 5.11 Å². The van der Waals surface area contributed by atoms with Gasteiger partial charge in [-0.15, -0.1) is 0 Å². The van der Waals surface area contributed by atoms with E-state index in [1.54, 1.807) is 0 Å². The van der Waals surface area contributed by atoms with Crippen LogP contribution in [0.2, 0.25) is 5.02 Å². The number of aliphatic hydroxyl groups is 1. The van der Waals surface area contributed by atoms with Crippen LogP contribution in [-0.4, -0.2) is 11.7 Å². The van der Waals surface area contributed by atoms with Crippen LogP contribution in [0.3, 0.4) is 0 Å². The van der Waals surface area contributed by atoms with Gasteiger partial charge in [-0.05, 0) is 54.5 Å². The second-order valence-electron chi connectivity index (χ2n) is 5.12. The maximum atomic E-state index is 9.63. The van der Waals surface area contributed by atoms with Crippen LogP contribution in [0.4, 0.5) is 0 Å². The van der Waals surface area contributed by atoms with E-state index in [0.717, 1.165) is 27.9 Å². The molecule has 2 aromatic carbocycles. The van der Waals surface area contributed by atoms with Crippen molar-refractivity contribution in [1.29, 1.82) is 0 Å². The van der Waals surface area contributed by atoms with Gasteiger partial charge in [-0.3, -0.25) is 0 Å². The van der Waals surface area contributed by atoms with Crippen molar-refractivity contribution in [3.8, 4) is 0 Å². The van der Waals surface area contributed by atoms with Gasteiger partial charge in [-0.25, -0.2) is 0 Å². The molecule has 0 spiro atoms. The molecule has 0 bridgehead atoms. The summed E-state index contributed by atoms with van der Waals surface area (Å²) in [5, 5.41) is 10.4. The molecule has 0 aliphatic rings. The molecule has 0 aliphatic carbocycles. The number of hydrogen-bond donors (Lipinski definition) is 1. The summed E-state index contributed by atoms with van der Waals surface area (Å²) in [6, 6.07) is 14.2. The summed E-state index contributed by atoms with van der Waals surface area (Å²) in [4.78, 5) is 0. The fourth-order valence-electron chi connectivity index (χ4n) is 2.35. The molecule has 0 heterocycles. The van der Waals surface area contributed by atoms with Crippen molar-refractivity contribution in [2.75, 3.05) is 6.61 Å². The highest BCUT2D eigenvalue weighted by molar-refractivity contribution is 9.10. The highest BCUT2D eigenvalue weighted by Gasteiger charge is 2.13. The molecule has 20 heavy (non-hydrogen) atoms. The van der Waals surface area contributed by atoms with Gasteiger partial charge in [-0.2, -0.15) is 0 Å². The van der Waals surface area contributed by atoms with Crippen LogP contribution in [0.25, 0.3) is 0 Å². The molecule has 0 aliphatic heterocycles. The molecule has 0 saturated heterocycles. The van der Waals surface area contributed by atoms with Gasteiger partial charge < -0.3 is 5.11 Å². The molecule has 1 unspecified atom stereocenters. The minimum Gasteiger partial charge on any atom is -0.396 e. The van der Waals surface area contributed by atoms with E-state index < -0.39 is 0 Å². The standard InChI is InChI=1S/C17H18BrClO/c1-12-4-2-3-5-14(12)8-13(11-20)9-15-6-7-16(18)10-17(15)19/h2-7,10,13,20H,8-9,11H2,1H3. The van der Waals surface area contributed by atoms with E-state index in [4.69, 9.17) is 11.6 Å². The first-order valence-electron chi connectivity index (χ1n) is 6.69. The zero-order valence-electron chi connectivity index (χ0n) is 11.4. The fraction of sp³-hybridized carbons (Fsp3) is 0.294. The normalized spacial score (nSPS) is 12.4.